The smallest absolute Gasteiger partial charge is 0.339 e. The Morgan fingerprint density at radius 3 is 3.00 bits per heavy atom. The molecule has 0 fully saturated rings. The highest BCUT2D eigenvalue weighted by molar-refractivity contribution is 7.13. The minimum Gasteiger partial charge on any atom is -0.465 e. The summed E-state index contributed by atoms with van der Waals surface area (Å²) in [7, 11) is 1.35. The van der Waals surface area contributed by atoms with Gasteiger partial charge in [0.2, 0.25) is 0 Å². The quantitative estimate of drug-likeness (QED) is 0.662. The Balaban J connectivity index is 2.10. The van der Waals surface area contributed by atoms with Crippen LogP contribution in [0.1, 0.15) is 10.4 Å². The van der Waals surface area contributed by atoms with Crippen LogP contribution in [-0.2, 0) is 4.74 Å². The molecule has 0 N–H and O–H groups in total. The zero-order valence-corrected chi connectivity index (χ0v) is 10.3. The maximum absolute atomic E-state index is 11.4. The number of pyridine rings is 1. The molecule has 0 spiro atoms. The van der Waals surface area contributed by atoms with Crippen molar-refractivity contribution in [2.45, 2.75) is 0 Å². The highest BCUT2D eigenvalue weighted by Gasteiger charge is 2.10. The van der Waals surface area contributed by atoms with E-state index in [9.17, 15) is 4.79 Å². The summed E-state index contributed by atoms with van der Waals surface area (Å²) in [5, 5.41) is 6.31. The van der Waals surface area contributed by atoms with Gasteiger partial charge in [-0.3, -0.25) is 0 Å². The number of methoxy groups -OCH3 is 1. The number of rotatable bonds is 2. The summed E-state index contributed by atoms with van der Waals surface area (Å²) in [6, 6.07) is 7.33. The molecule has 3 aromatic heterocycles. The van der Waals surface area contributed by atoms with Crippen LogP contribution in [0.5, 0.6) is 0 Å². The summed E-state index contributed by atoms with van der Waals surface area (Å²) >= 11 is 1.58. The van der Waals surface area contributed by atoms with Gasteiger partial charge in [0.25, 0.3) is 0 Å². The Labute approximate surface area is 107 Å². The van der Waals surface area contributed by atoms with Crippen LogP contribution in [0.2, 0.25) is 0 Å². The van der Waals surface area contributed by atoms with Crippen molar-refractivity contribution in [3.63, 3.8) is 0 Å². The van der Waals surface area contributed by atoms with Crippen molar-refractivity contribution in [1.29, 1.82) is 0 Å². The average Bonchev–Trinajstić information content (AvgIpc) is 3.04. The van der Waals surface area contributed by atoms with Crippen LogP contribution in [-0.4, -0.2) is 27.7 Å². The molecule has 0 unspecified atom stereocenters. The largest absolute Gasteiger partial charge is 0.465 e. The van der Waals surface area contributed by atoms with Gasteiger partial charge in [0.15, 0.2) is 11.5 Å². The van der Waals surface area contributed by atoms with Crippen molar-refractivity contribution in [3.8, 4) is 10.7 Å². The van der Waals surface area contributed by atoms with E-state index in [4.69, 9.17) is 0 Å². The summed E-state index contributed by atoms with van der Waals surface area (Å²) in [6.07, 6.45) is 1.62. The molecule has 0 atom stereocenters. The van der Waals surface area contributed by atoms with Gasteiger partial charge in [-0.15, -0.1) is 16.4 Å². The van der Waals surface area contributed by atoms with Crippen molar-refractivity contribution >= 4 is 23.0 Å². The zero-order valence-electron chi connectivity index (χ0n) is 9.53. The molecule has 18 heavy (non-hydrogen) atoms. The first-order valence-corrected chi connectivity index (χ1v) is 6.14. The highest BCUT2D eigenvalue weighted by Crippen LogP contribution is 2.21. The molecular formula is C12H9N3O2S. The number of hydrogen-bond acceptors (Lipinski definition) is 5. The van der Waals surface area contributed by atoms with Crippen molar-refractivity contribution in [3.05, 3.63) is 41.4 Å². The third-order valence-electron chi connectivity index (χ3n) is 2.49. The summed E-state index contributed by atoms with van der Waals surface area (Å²) in [4.78, 5) is 16.8. The molecule has 0 aliphatic rings. The summed E-state index contributed by atoms with van der Waals surface area (Å²) < 4.78 is 6.25. The second kappa shape index (κ2) is 4.23. The van der Waals surface area contributed by atoms with Crippen molar-refractivity contribution in [2.24, 2.45) is 0 Å². The second-order valence-electron chi connectivity index (χ2n) is 3.62. The molecular weight excluding hydrogens is 250 g/mol. The Hall–Kier alpha value is -2.21. The number of carbonyl (C=O) groups excluding carboxylic acids is 1. The molecule has 5 nitrogen and oxygen atoms in total. The maximum atomic E-state index is 11.4. The molecule has 0 amide bonds. The van der Waals surface area contributed by atoms with Crippen molar-refractivity contribution in [1.82, 2.24) is 14.6 Å². The summed E-state index contributed by atoms with van der Waals surface area (Å²) in [5.74, 6) is 0.275. The lowest BCUT2D eigenvalue weighted by Crippen LogP contribution is -2.03. The third-order valence-corrected chi connectivity index (χ3v) is 3.36. The van der Waals surface area contributed by atoms with E-state index in [0.29, 0.717) is 17.0 Å². The Kier molecular flexibility index (Phi) is 2.56. The minimum atomic E-state index is -0.384. The number of hydrogen-bond donors (Lipinski definition) is 0. The van der Waals surface area contributed by atoms with Gasteiger partial charge < -0.3 is 4.74 Å². The molecule has 3 heterocycles. The molecule has 0 aromatic carbocycles. The van der Waals surface area contributed by atoms with Gasteiger partial charge in [0.05, 0.1) is 17.6 Å². The number of thiophene rings is 1. The fourth-order valence-corrected chi connectivity index (χ4v) is 2.28. The Morgan fingerprint density at radius 1 is 1.39 bits per heavy atom. The monoisotopic (exact) mass is 259 g/mol. The highest BCUT2D eigenvalue weighted by atomic mass is 32.1. The predicted octanol–water partition coefficient (Wildman–Crippen LogP) is 2.24. The van der Waals surface area contributed by atoms with E-state index in [1.54, 1.807) is 34.2 Å². The molecule has 6 heteroatoms. The van der Waals surface area contributed by atoms with Crippen LogP contribution in [0, 0.1) is 0 Å². The van der Waals surface area contributed by atoms with E-state index >= 15 is 0 Å². The first-order chi connectivity index (χ1) is 8.78. The normalized spacial score (nSPS) is 10.7. The lowest BCUT2D eigenvalue weighted by atomic mass is 10.3. The number of aromatic nitrogens is 3. The standard InChI is InChI=1S/C12H9N3O2S/c1-17-12(16)8-4-5-10-13-11(14-15(10)7-8)9-3-2-6-18-9/h2-7H,1H3. The van der Waals surface area contributed by atoms with Gasteiger partial charge >= 0.3 is 5.97 Å². The van der Waals surface area contributed by atoms with Gasteiger partial charge in [-0.2, -0.15) is 0 Å². The van der Waals surface area contributed by atoms with E-state index in [-0.39, 0.29) is 5.97 Å². The zero-order chi connectivity index (χ0) is 12.5. The number of nitrogens with zero attached hydrogens (tertiary/aromatic N) is 3. The fourth-order valence-electron chi connectivity index (χ4n) is 1.63. The molecule has 90 valence electrons. The van der Waals surface area contributed by atoms with Gasteiger partial charge in [0.1, 0.15) is 0 Å². The van der Waals surface area contributed by atoms with Crippen LogP contribution in [0.25, 0.3) is 16.3 Å². The number of fused-ring (bicyclic) bond motifs is 1. The first-order valence-electron chi connectivity index (χ1n) is 5.26. The van der Waals surface area contributed by atoms with E-state index in [2.05, 4.69) is 14.8 Å². The molecule has 0 aliphatic carbocycles. The first kappa shape index (κ1) is 10.9. The molecule has 0 radical (unpaired) electrons. The van der Waals surface area contributed by atoms with Gasteiger partial charge in [0, 0.05) is 6.20 Å². The predicted molar refractivity (Wildman–Crippen MR) is 67.6 cm³/mol. The van der Waals surface area contributed by atoms with Gasteiger partial charge in [-0.05, 0) is 23.6 Å². The number of carbonyl (C=O) groups is 1. The van der Waals surface area contributed by atoms with Gasteiger partial charge in [-0.1, -0.05) is 6.07 Å². The lowest BCUT2D eigenvalue weighted by Gasteiger charge is -1.98. The van der Waals surface area contributed by atoms with Crippen molar-refractivity contribution in [2.75, 3.05) is 7.11 Å². The molecule has 3 aromatic rings. The van der Waals surface area contributed by atoms with E-state index in [0.717, 1.165) is 4.88 Å². The van der Waals surface area contributed by atoms with Crippen LogP contribution < -0.4 is 0 Å². The lowest BCUT2D eigenvalue weighted by molar-refractivity contribution is 0.0600. The Bertz CT molecular complexity index is 703. The van der Waals surface area contributed by atoms with Crippen LogP contribution in [0.4, 0.5) is 0 Å². The SMILES string of the molecule is COC(=O)c1ccc2nc(-c3cccs3)nn2c1. The second-order valence-corrected chi connectivity index (χ2v) is 4.57. The molecule has 0 saturated carbocycles. The molecule has 0 aliphatic heterocycles. The van der Waals surface area contributed by atoms with Gasteiger partial charge in [-0.25, -0.2) is 14.3 Å². The molecule has 3 rings (SSSR count). The molecule has 0 saturated heterocycles. The number of ether oxygens (including phenoxy) is 1. The van der Waals surface area contributed by atoms with Crippen LogP contribution >= 0.6 is 11.3 Å². The van der Waals surface area contributed by atoms with E-state index in [1.165, 1.54) is 7.11 Å². The molecule has 0 bridgehead atoms. The summed E-state index contributed by atoms with van der Waals surface area (Å²) in [6.45, 7) is 0. The topological polar surface area (TPSA) is 56.5 Å². The summed E-state index contributed by atoms with van der Waals surface area (Å²) in [5.41, 5.74) is 1.15. The fraction of sp³-hybridized carbons (Fsp3) is 0.0833. The minimum absolute atomic E-state index is 0.384. The van der Waals surface area contributed by atoms with Crippen molar-refractivity contribution < 1.29 is 9.53 Å². The number of esters is 1. The maximum Gasteiger partial charge on any atom is 0.339 e. The van der Waals surface area contributed by atoms with E-state index < -0.39 is 0 Å². The van der Waals surface area contributed by atoms with Crippen LogP contribution in [0.15, 0.2) is 35.8 Å². The van der Waals surface area contributed by atoms with Crippen LogP contribution in [0.3, 0.4) is 0 Å². The van der Waals surface area contributed by atoms with E-state index in [1.807, 2.05) is 17.5 Å². The average molecular weight is 259 g/mol. The Morgan fingerprint density at radius 2 is 2.28 bits per heavy atom. The third kappa shape index (κ3) is 1.76.